The Bertz CT molecular complexity index is 841. The fourth-order valence-electron chi connectivity index (χ4n) is 2.60. The summed E-state index contributed by atoms with van der Waals surface area (Å²) in [6, 6.07) is 17.4. The molecule has 1 amide bonds. The summed E-state index contributed by atoms with van der Waals surface area (Å²) in [5, 5.41) is 4.98. The number of hydrogen-bond donors (Lipinski definition) is 0. The number of aromatic nitrogens is 2. The zero-order valence-corrected chi connectivity index (χ0v) is 15.0. The second-order valence-corrected chi connectivity index (χ2v) is 6.60. The zero-order valence-electron chi connectivity index (χ0n) is 14.3. The third-order valence-corrected chi connectivity index (χ3v) is 4.25. The summed E-state index contributed by atoms with van der Waals surface area (Å²) in [4.78, 5) is 14.8. The van der Waals surface area contributed by atoms with Gasteiger partial charge in [-0.1, -0.05) is 41.9 Å². The van der Waals surface area contributed by atoms with Crippen LogP contribution in [0.15, 0.2) is 67.0 Å². The molecule has 2 aromatic carbocycles. The van der Waals surface area contributed by atoms with Gasteiger partial charge in [0.15, 0.2) is 0 Å². The summed E-state index contributed by atoms with van der Waals surface area (Å²) in [5.41, 5.74) is 2.54. The van der Waals surface area contributed by atoms with E-state index in [0.29, 0.717) is 17.1 Å². The average molecular weight is 354 g/mol. The lowest BCUT2D eigenvalue weighted by atomic mass is 10.1. The molecule has 0 aliphatic heterocycles. The highest BCUT2D eigenvalue weighted by atomic mass is 35.5. The van der Waals surface area contributed by atoms with Crippen molar-refractivity contribution in [3.63, 3.8) is 0 Å². The Morgan fingerprint density at radius 1 is 1.12 bits per heavy atom. The van der Waals surface area contributed by atoms with Crippen molar-refractivity contribution < 1.29 is 4.79 Å². The van der Waals surface area contributed by atoms with E-state index in [2.05, 4.69) is 5.10 Å². The van der Waals surface area contributed by atoms with Crippen molar-refractivity contribution in [2.24, 2.45) is 0 Å². The lowest BCUT2D eigenvalue weighted by molar-refractivity contribution is 0.0690. The third kappa shape index (κ3) is 4.09. The van der Waals surface area contributed by atoms with Crippen LogP contribution in [-0.2, 0) is 6.54 Å². The Labute approximate surface area is 152 Å². The Balaban J connectivity index is 1.82. The molecule has 1 heterocycles. The van der Waals surface area contributed by atoms with Crippen molar-refractivity contribution in [3.05, 3.63) is 83.1 Å². The summed E-state index contributed by atoms with van der Waals surface area (Å²) in [7, 11) is 0. The molecule has 0 atom stereocenters. The van der Waals surface area contributed by atoms with Crippen LogP contribution in [0.3, 0.4) is 0 Å². The summed E-state index contributed by atoms with van der Waals surface area (Å²) in [5.74, 6) is -0.0286. The van der Waals surface area contributed by atoms with Gasteiger partial charge in [-0.15, -0.1) is 0 Å². The molecule has 0 spiro atoms. The monoisotopic (exact) mass is 353 g/mol. The molecule has 4 nitrogen and oxygen atoms in total. The first-order chi connectivity index (χ1) is 12.0. The Kier molecular flexibility index (Phi) is 5.19. The lowest BCUT2D eigenvalue weighted by Gasteiger charge is -2.26. The van der Waals surface area contributed by atoms with E-state index in [1.54, 1.807) is 29.2 Å². The van der Waals surface area contributed by atoms with Crippen LogP contribution < -0.4 is 0 Å². The number of halogens is 1. The van der Waals surface area contributed by atoms with Crippen molar-refractivity contribution in [2.45, 2.75) is 26.4 Å². The van der Waals surface area contributed by atoms with Gasteiger partial charge >= 0.3 is 0 Å². The molecule has 0 fully saturated rings. The van der Waals surface area contributed by atoms with Crippen molar-refractivity contribution in [2.75, 3.05) is 0 Å². The Morgan fingerprint density at radius 3 is 2.44 bits per heavy atom. The summed E-state index contributed by atoms with van der Waals surface area (Å²) in [6.07, 6.45) is 3.36. The standard InChI is InChI=1S/C20H20ClN3O/c1-15(2)23(13-16-6-4-3-5-7-16)20(25)17-12-22-24(14-17)19-10-8-18(21)9-11-19/h3-12,14-15H,13H2,1-2H3. The van der Waals surface area contributed by atoms with Crippen LogP contribution in [0.25, 0.3) is 5.69 Å². The molecule has 5 heteroatoms. The first-order valence-electron chi connectivity index (χ1n) is 8.20. The van der Waals surface area contributed by atoms with Gasteiger partial charge in [-0.2, -0.15) is 5.10 Å². The van der Waals surface area contributed by atoms with Crippen LogP contribution >= 0.6 is 11.6 Å². The van der Waals surface area contributed by atoms with E-state index >= 15 is 0 Å². The van der Waals surface area contributed by atoms with Crippen LogP contribution in [0, 0.1) is 0 Å². The number of nitrogens with zero attached hydrogens (tertiary/aromatic N) is 3. The van der Waals surface area contributed by atoms with E-state index in [1.807, 2.05) is 61.2 Å². The minimum atomic E-state index is -0.0286. The first-order valence-corrected chi connectivity index (χ1v) is 8.58. The molecule has 0 aliphatic carbocycles. The van der Waals surface area contributed by atoms with Gasteiger partial charge in [-0.3, -0.25) is 4.79 Å². The maximum Gasteiger partial charge on any atom is 0.257 e. The second kappa shape index (κ2) is 7.53. The number of amides is 1. The Morgan fingerprint density at radius 2 is 1.80 bits per heavy atom. The van der Waals surface area contributed by atoms with E-state index in [0.717, 1.165) is 11.3 Å². The van der Waals surface area contributed by atoms with Crippen LogP contribution in [0.4, 0.5) is 0 Å². The van der Waals surface area contributed by atoms with Crippen molar-refractivity contribution in [1.29, 1.82) is 0 Å². The third-order valence-electron chi connectivity index (χ3n) is 4.00. The molecule has 0 saturated carbocycles. The highest BCUT2D eigenvalue weighted by Crippen LogP contribution is 2.16. The van der Waals surface area contributed by atoms with Gasteiger partial charge in [0, 0.05) is 23.8 Å². The predicted molar refractivity (Wildman–Crippen MR) is 100 cm³/mol. The van der Waals surface area contributed by atoms with Crippen LogP contribution in [0.1, 0.15) is 29.8 Å². The van der Waals surface area contributed by atoms with Gasteiger partial charge in [0.1, 0.15) is 0 Å². The van der Waals surface area contributed by atoms with Gasteiger partial charge < -0.3 is 4.90 Å². The average Bonchev–Trinajstić information content (AvgIpc) is 3.10. The highest BCUT2D eigenvalue weighted by Gasteiger charge is 2.20. The maximum absolute atomic E-state index is 12.9. The molecule has 0 saturated heterocycles. The quantitative estimate of drug-likeness (QED) is 0.673. The number of rotatable bonds is 5. The van der Waals surface area contributed by atoms with E-state index in [4.69, 9.17) is 11.6 Å². The zero-order chi connectivity index (χ0) is 17.8. The molecule has 0 N–H and O–H groups in total. The van der Waals surface area contributed by atoms with Gasteiger partial charge in [0.25, 0.3) is 5.91 Å². The van der Waals surface area contributed by atoms with Crippen molar-refractivity contribution >= 4 is 17.5 Å². The van der Waals surface area contributed by atoms with Gasteiger partial charge in [0.2, 0.25) is 0 Å². The molecular formula is C20H20ClN3O. The van der Waals surface area contributed by atoms with Crippen molar-refractivity contribution in [1.82, 2.24) is 14.7 Å². The van der Waals surface area contributed by atoms with E-state index in [1.165, 1.54) is 0 Å². The largest absolute Gasteiger partial charge is 0.332 e. The van der Waals surface area contributed by atoms with Gasteiger partial charge in [-0.05, 0) is 43.7 Å². The molecule has 128 valence electrons. The fraction of sp³-hybridized carbons (Fsp3) is 0.200. The maximum atomic E-state index is 12.9. The molecule has 1 aromatic heterocycles. The molecular weight excluding hydrogens is 334 g/mol. The molecule has 3 aromatic rings. The Hall–Kier alpha value is -2.59. The van der Waals surface area contributed by atoms with Crippen molar-refractivity contribution in [3.8, 4) is 5.69 Å². The first kappa shape index (κ1) is 17.2. The molecule has 0 aliphatic rings. The topological polar surface area (TPSA) is 38.1 Å². The highest BCUT2D eigenvalue weighted by molar-refractivity contribution is 6.30. The van der Waals surface area contributed by atoms with E-state index < -0.39 is 0 Å². The minimum absolute atomic E-state index is 0.0286. The van der Waals surface area contributed by atoms with Gasteiger partial charge in [-0.25, -0.2) is 4.68 Å². The molecule has 0 radical (unpaired) electrons. The lowest BCUT2D eigenvalue weighted by Crippen LogP contribution is -2.36. The number of carbonyl (C=O) groups excluding carboxylic acids is 1. The summed E-state index contributed by atoms with van der Waals surface area (Å²) >= 11 is 5.92. The SMILES string of the molecule is CC(C)N(Cc1ccccc1)C(=O)c1cnn(-c2ccc(Cl)cc2)c1. The summed E-state index contributed by atoms with van der Waals surface area (Å²) in [6.45, 7) is 4.61. The second-order valence-electron chi connectivity index (χ2n) is 6.16. The van der Waals surface area contributed by atoms with Gasteiger partial charge in [0.05, 0.1) is 17.4 Å². The van der Waals surface area contributed by atoms with Crippen LogP contribution in [-0.4, -0.2) is 26.6 Å². The normalized spacial score (nSPS) is 10.9. The molecule has 3 rings (SSSR count). The predicted octanol–water partition coefficient (Wildman–Crippen LogP) is 4.58. The number of benzene rings is 2. The van der Waals surface area contributed by atoms with Crippen LogP contribution in [0.5, 0.6) is 0 Å². The molecule has 25 heavy (non-hydrogen) atoms. The summed E-state index contributed by atoms with van der Waals surface area (Å²) < 4.78 is 1.69. The smallest absolute Gasteiger partial charge is 0.257 e. The number of carbonyl (C=O) groups is 1. The fourth-order valence-corrected chi connectivity index (χ4v) is 2.73. The molecule has 0 bridgehead atoms. The van der Waals surface area contributed by atoms with Crippen LogP contribution in [0.2, 0.25) is 5.02 Å². The minimum Gasteiger partial charge on any atom is -0.332 e. The number of hydrogen-bond acceptors (Lipinski definition) is 2. The molecule has 0 unspecified atom stereocenters. The van der Waals surface area contributed by atoms with E-state index in [9.17, 15) is 4.79 Å². The van der Waals surface area contributed by atoms with E-state index in [-0.39, 0.29) is 11.9 Å².